The predicted octanol–water partition coefficient (Wildman–Crippen LogP) is 1.51. The molecule has 2 rings (SSSR count). The summed E-state index contributed by atoms with van der Waals surface area (Å²) >= 11 is 0. The fourth-order valence-corrected chi connectivity index (χ4v) is 2.56. The van der Waals surface area contributed by atoms with E-state index in [0.29, 0.717) is 12.3 Å². The Morgan fingerprint density at radius 3 is 2.89 bits per heavy atom. The molecule has 1 aromatic carbocycles. The second-order valence-corrected chi connectivity index (χ2v) is 4.80. The zero-order valence-electron chi connectivity index (χ0n) is 11.3. The van der Waals surface area contributed by atoms with Crippen LogP contribution in [0.2, 0.25) is 0 Å². The van der Waals surface area contributed by atoms with E-state index >= 15 is 0 Å². The molecule has 1 fully saturated rings. The molecule has 0 spiro atoms. The zero-order valence-corrected chi connectivity index (χ0v) is 11.3. The van der Waals surface area contributed by atoms with Crippen LogP contribution in [0.25, 0.3) is 0 Å². The molecule has 1 aliphatic rings. The van der Waals surface area contributed by atoms with Gasteiger partial charge in [0.2, 0.25) is 5.91 Å². The Hall–Kier alpha value is -1.91. The van der Waals surface area contributed by atoms with Crippen LogP contribution in [-0.4, -0.2) is 25.1 Å². The Morgan fingerprint density at radius 2 is 2.21 bits per heavy atom. The number of amides is 1. The highest BCUT2D eigenvalue weighted by Crippen LogP contribution is 2.30. The Kier molecular flexibility index (Phi) is 4.14. The number of hydrogen-bond donors (Lipinski definition) is 2. The van der Waals surface area contributed by atoms with Crippen molar-refractivity contribution in [2.24, 2.45) is 5.73 Å². The van der Waals surface area contributed by atoms with Crippen LogP contribution in [0, 0.1) is 0 Å². The fraction of sp³-hybridized carbons (Fsp3) is 0.500. The molecule has 1 amide bonds. The molecule has 0 aliphatic carbocycles. The lowest BCUT2D eigenvalue weighted by Crippen LogP contribution is -2.47. The van der Waals surface area contributed by atoms with E-state index in [-0.39, 0.29) is 11.9 Å². The molecule has 19 heavy (non-hydrogen) atoms. The Bertz CT molecular complexity index is 462. The lowest BCUT2D eigenvalue weighted by Gasteiger charge is -2.35. The van der Waals surface area contributed by atoms with E-state index in [1.54, 1.807) is 6.07 Å². The van der Waals surface area contributed by atoms with E-state index in [9.17, 15) is 4.79 Å². The second kappa shape index (κ2) is 5.82. The summed E-state index contributed by atoms with van der Waals surface area (Å²) in [6.07, 6.45) is 2.89. The van der Waals surface area contributed by atoms with E-state index in [0.717, 1.165) is 37.2 Å². The largest absolute Gasteiger partial charge is 0.494 e. The first-order valence-corrected chi connectivity index (χ1v) is 6.71. The molecule has 1 unspecified atom stereocenters. The van der Waals surface area contributed by atoms with Crippen molar-refractivity contribution in [1.82, 2.24) is 0 Å². The number of rotatable bonds is 4. The van der Waals surface area contributed by atoms with E-state index in [2.05, 4.69) is 0 Å². The molecule has 0 aromatic heterocycles. The van der Waals surface area contributed by atoms with E-state index in [4.69, 9.17) is 16.2 Å². The summed E-state index contributed by atoms with van der Waals surface area (Å²) in [7, 11) is 0. The van der Waals surface area contributed by atoms with Crippen LogP contribution in [0.3, 0.4) is 0 Å². The number of nitrogens with zero attached hydrogens (tertiary/aromatic N) is 1. The van der Waals surface area contributed by atoms with Gasteiger partial charge in [0.15, 0.2) is 0 Å². The Balaban J connectivity index is 2.30. The number of carbonyl (C=O) groups is 1. The van der Waals surface area contributed by atoms with E-state index in [1.165, 1.54) is 0 Å². The van der Waals surface area contributed by atoms with Crippen molar-refractivity contribution in [3.8, 4) is 5.75 Å². The van der Waals surface area contributed by atoms with Gasteiger partial charge >= 0.3 is 0 Å². The SMILES string of the molecule is CCOc1cc(N)cc(N2CCCCC2C(N)=O)c1. The first kappa shape index (κ1) is 13.5. The maximum atomic E-state index is 11.6. The summed E-state index contributed by atoms with van der Waals surface area (Å²) in [6.45, 7) is 3.33. The van der Waals surface area contributed by atoms with Crippen molar-refractivity contribution in [2.45, 2.75) is 32.2 Å². The molecule has 104 valence electrons. The number of ether oxygens (including phenoxy) is 1. The molecule has 1 saturated heterocycles. The van der Waals surface area contributed by atoms with Crippen molar-refractivity contribution < 1.29 is 9.53 Å². The molecular weight excluding hydrogens is 242 g/mol. The van der Waals surface area contributed by atoms with Crippen molar-refractivity contribution >= 4 is 17.3 Å². The van der Waals surface area contributed by atoms with Crippen LogP contribution in [0.4, 0.5) is 11.4 Å². The molecule has 1 atom stereocenters. The van der Waals surface area contributed by atoms with Crippen molar-refractivity contribution in [3.63, 3.8) is 0 Å². The molecule has 1 aromatic rings. The third kappa shape index (κ3) is 3.10. The summed E-state index contributed by atoms with van der Waals surface area (Å²) in [5.74, 6) is 0.450. The predicted molar refractivity (Wildman–Crippen MR) is 76.2 cm³/mol. The zero-order chi connectivity index (χ0) is 13.8. The quantitative estimate of drug-likeness (QED) is 0.807. The average molecular weight is 263 g/mol. The number of primary amides is 1. The van der Waals surface area contributed by atoms with Gasteiger partial charge in [-0.2, -0.15) is 0 Å². The number of carbonyl (C=O) groups excluding carboxylic acids is 1. The third-order valence-electron chi connectivity index (χ3n) is 3.39. The second-order valence-electron chi connectivity index (χ2n) is 4.80. The fourth-order valence-electron chi connectivity index (χ4n) is 2.56. The van der Waals surface area contributed by atoms with Crippen LogP contribution in [0.5, 0.6) is 5.75 Å². The Labute approximate surface area is 113 Å². The molecule has 1 aliphatic heterocycles. The molecule has 0 radical (unpaired) electrons. The van der Waals surface area contributed by atoms with Gasteiger partial charge in [0.1, 0.15) is 11.8 Å². The lowest BCUT2D eigenvalue weighted by molar-refractivity contribution is -0.119. The van der Waals surface area contributed by atoms with Crippen LogP contribution in [0.1, 0.15) is 26.2 Å². The molecule has 5 heteroatoms. The number of piperidine rings is 1. The van der Waals surface area contributed by atoms with Gasteiger partial charge in [0.25, 0.3) is 0 Å². The number of anilines is 2. The van der Waals surface area contributed by atoms with Gasteiger partial charge in [-0.3, -0.25) is 4.79 Å². The summed E-state index contributed by atoms with van der Waals surface area (Å²) in [5, 5.41) is 0. The minimum Gasteiger partial charge on any atom is -0.494 e. The van der Waals surface area contributed by atoms with Crippen LogP contribution in [-0.2, 0) is 4.79 Å². The summed E-state index contributed by atoms with van der Waals surface area (Å²) < 4.78 is 5.49. The van der Waals surface area contributed by atoms with Crippen LogP contribution < -0.4 is 21.1 Å². The normalized spacial score (nSPS) is 19.2. The highest BCUT2D eigenvalue weighted by molar-refractivity contribution is 5.84. The third-order valence-corrected chi connectivity index (χ3v) is 3.39. The lowest BCUT2D eigenvalue weighted by atomic mass is 10.0. The highest BCUT2D eigenvalue weighted by atomic mass is 16.5. The summed E-state index contributed by atoms with van der Waals surface area (Å²) in [5.41, 5.74) is 12.9. The first-order chi connectivity index (χ1) is 9.11. The van der Waals surface area contributed by atoms with Gasteiger partial charge in [0.05, 0.1) is 6.61 Å². The smallest absolute Gasteiger partial charge is 0.240 e. The molecule has 1 heterocycles. The molecular formula is C14H21N3O2. The van der Waals surface area contributed by atoms with Crippen molar-refractivity contribution in [1.29, 1.82) is 0 Å². The minimum atomic E-state index is -0.278. The van der Waals surface area contributed by atoms with Crippen LogP contribution >= 0.6 is 0 Å². The van der Waals surface area contributed by atoms with Gasteiger partial charge in [-0.1, -0.05) is 0 Å². The maximum Gasteiger partial charge on any atom is 0.240 e. The van der Waals surface area contributed by atoms with Crippen LogP contribution in [0.15, 0.2) is 18.2 Å². The number of nitrogen functional groups attached to an aromatic ring is 1. The number of hydrogen-bond acceptors (Lipinski definition) is 4. The average Bonchev–Trinajstić information content (AvgIpc) is 2.38. The molecule has 5 nitrogen and oxygen atoms in total. The Morgan fingerprint density at radius 1 is 1.42 bits per heavy atom. The highest BCUT2D eigenvalue weighted by Gasteiger charge is 2.27. The summed E-state index contributed by atoms with van der Waals surface area (Å²) in [4.78, 5) is 13.6. The van der Waals surface area contributed by atoms with Gasteiger partial charge < -0.3 is 21.1 Å². The topological polar surface area (TPSA) is 81.6 Å². The van der Waals surface area contributed by atoms with Crippen molar-refractivity contribution in [3.05, 3.63) is 18.2 Å². The van der Waals surface area contributed by atoms with E-state index < -0.39 is 0 Å². The van der Waals surface area contributed by atoms with E-state index in [1.807, 2.05) is 24.0 Å². The van der Waals surface area contributed by atoms with Gasteiger partial charge in [-0.05, 0) is 32.3 Å². The minimum absolute atomic E-state index is 0.245. The summed E-state index contributed by atoms with van der Waals surface area (Å²) in [6, 6.07) is 5.33. The van der Waals surface area contributed by atoms with Gasteiger partial charge in [0, 0.05) is 30.1 Å². The molecule has 0 saturated carbocycles. The molecule has 4 N–H and O–H groups in total. The van der Waals surface area contributed by atoms with Crippen molar-refractivity contribution in [2.75, 3.05) is 23.8 Å². The van der Waals surface area contributed by atoms with Gasteiger partial charge in [-0.15, -0.1) is 0 Å². The van der Waals surface area contributed by atoms with Gasteiger partial charge in [-0.25, -0.2) is 0 Å². The molecule has 0 bridgehead atoms. The maximum absolute atomic E-state index is 11.6. The number of nitrogens with two attached hydrogens (primary N) is 2. The number of benzene rings is 1. The monoisotopic (exact) mass is 263 g/mol. The first-order valence-electron chi connectivity index (χ1n) is 6.71. The standard InChI is InChI=1S/C14H21N3O2/c1-2-19-12-8-10(15)7-11(9-12)17-6-4-3-5-13(17)14(16)18/h7-9,13H,2-6,15H2,1H3,(H2,16,18).